The molecule has 0 radical (unpaired) electrons. The molecule has 1 fully saturated rings. The molecule has 5 nitrogen and oxygen atoms in total. The van der Waals surface area contributed by atoms with E-state index in [-0.39, 0.29) is 0 Å². The van der Waals surface area contributed by atoms with Crippen molar-refractivity contribution in [1.29, 1.82) is 0 Å². The summed E-state index contributed by atoms with van der Waals surface area (Å²) in [4.78, 5) is 6.90. The van der Waals surface area contributed by atoms with Crippen LogP contribution in [0.15, 0.2) is 43.0 Å². The highest BCUT2D eigenvalue weighted by atomic mass is 15.3. The molecule has 5 heteroatoms. The summed E-state index contributed by atoms with van der Waals surface area (Å²) in [5, 5.41) is 7.82. The zero-order valence-electron chi connectivity index (χ0n) is 12.7. The summed E-state index contributed by atoms with van der Waals surface area (Å²) in [6.07, 6.45) is 8.21. The Hall–Kier alpha value is -2.27. The average molecular weight is 293 g/mol. The number of hydrogen-bond acceptors (Lipinski definition) is 4. The quantitative estimate of drug-likeness (QED) is 0.745. The predicted molar refractivity (Wildman–Crippen MR) is 85.4 cm³/mol. The van der Waals surface area contributed by atoms with Gasteiger partial charge in [0.1, 0.15) is 6.33 Å². The Balaban J connectivity index is 1.68. The van der Waals surface area contributed by atoms with Crippen LogP contribution in [0.3, 0.4) is 0 Å². The van der Waals surface area contributed by atoms with E-state index in [0.29, 0.717) is 11.8 Å². The molecule has 0 N–H and O–H groups in total. The predicted octanol–water partition coefficient (Wildman–Crippen LogP) is 2.95. The first-order chi connectivity index (χ1) is 10.8. The fourth-order valence-corrected chi connectivity index (χ4v) is 3.20. The first-order valence-corrected chi connectivity index (χ1v) is 7.81. The largest absolute Gasteiger partial charge is 0.297 e. The zero-order chi connectivity index (χ0) is 14.9. The Morgan fingerprint density at radius 1 is 1.14 bits per heavy atom. The van der Waals surface area contributed by atoms with Crippen LogP contribution in [0.4, 0.5) is 0 Å². The Bertz CT molecular complexity index is 788. The van der Waals surface area contributed by atoms with Gasteiger partial charge in [0.2, 0.25) is 0 Å². The van der Waals surface area contributed by atoms with E-state index in [1.807, 2.05) is 16.8 Å². The van der Waals surface area contributed by atoms with Crippen molar-refractivity contribution in [3.05, 3.63) is 48.5 Å². The molecule has 3 heterocycles. The van der Waals surface area contributed by atoms with E-state index in [1.54, 1.807) is 6.33 Å². The van der Waals surface area contributed by atoms with Crippen molar-refractivity contribution in [2.24, 2.45) is 0 Å². The highest BCUT2D eigenvalue weighted by Crippen LogP contribution is 2.28. The molecule has 22 heavy (non-hydrogen) atoms. The first-order valence-electron chi connectivity index (χ1n) is 7.81. The number of rotatable bonds is 3. The van der Waals surface area contributed by atoms with Crippen LogP contribution in [0.25, 0.3) is 16.9 Å². The maximum Gasteiger partial charge on any atom is 0.254 e. The number of benzene rings is 1. The summed E-state index contributed by atoms with van der Waals surface area (Å²) in [7, 11) is 0. The van der Waals surface area contributed by atoms with Gasteiger partial charge < -0.3 is 0 Å². The maximum atomic E-state index is 4.35. The molecule has 1 aliphatic heterocycles. The Morgan fingerprint density at radius 2 is 2.00 bits per heavy atom. The summed E-state index contributed by atoms with van der Waals surface area (Å²) in [6.45, 7) is 4.71. The fourth-order valence-electron chi connectivity index (χ4n) is 3.20. The van der Waals surface area contributed by atoms with Crippen LogP contribution >= 0.6 is 0 Å². The van der Waals surface area contributed by atoms with E-state index in [9.17, 15) is 0 Å². The van der Waals surface area contributed by atoms with Gasteiger partial charge >= 0.3 is 0 Å². The van der Waals surface area contributed by atoms with Crippen LogP contribution in [-0.4, -0.2) is 37.6 Å². The Labute approximate surface area is 129 Å². The van der Waals surface area contributed by atoms with Crippen LogP contribution < -0.4 is 0 Å². The lowest BCUT2D eigenvalue weighted by Gasteiger charge is -2.24. The number of nitrogens with zero attached hydrogens (tertiary/aromatic N) is 5. The third kappa shape index (κ3) is 2.37. The van der Waals surface area contributed by atoms with Crippen LogP contribution in [0, 0.1) is 0 Å². The number of aromatic nitrogens is 4. The topological polar surface area (TPSA) is 46.3 Å². The minimum Gasteiger partial charge on any atom is -0.297 e. The van der Waals surface area contributed by atoms with Crippen LogP contribution in [0.5, 0.6) is 0 Å². The van der Waals surface area contributed by atoms with Crippen molar-refractivity contribution >= 4 is 5.78 Å². The Kier molecular flexibility index (Phi) is 3.35. The molecule has 1 atom stereocenters. The van der Waals surface area contributed by atoms with Crippen LogP contribution in [-0.2, 0) is 0 Å². The highest BCUT2D eigenvalue weighted by molar-refractivity contribution is 5.63. The summed E-state index contributed by atoms with van der Waals surface area (Å²) >= 11 is 0. The minimum absolute atomic E-state index is 0.467. The second-order valence-corrected chi connectivity index (χ2v) is 5.93. The fraction of sp³-hybridized carbons (Fsp3) is 0.353. The van der Waals surface area contributed by atoms with E-state index in [2.05, 4.69) is 51.3 Å². The lowest BCUT2D eigenvalue weighted by molar-refractivity contribution is 0.263. The molecule has 1 aliphatic rings. The third-order valence-electron chi connectivity index (χ3n) is 4.54. The van der Waals surface area contributed by atoms with Gasteiger partial charge in [0.25, 0.3) is 5.78 Å². The van der Waals surface area contributed by atoms with Crippen molar-refractivity contribution in [3.63, 3.8) is 0 Å². The van der Waals surface area contributed by atoms with Crippen molar-refractivity contribution in [3.8, 4) is 11.1 Å². The van der Waals surface area contributed by atoms with Crippen molar-refractivity contribution < 1.29 is 0 Å². The molecular formula is C17H19N5. The molecule has 0 bridgehead atoms. The smallest absolute Gasteiger partial charge is 0.254 e. The molecule has 1 saturated heterocycles. The Morgan fingerprint density at radius 3 is 2.86 bits per heavy atom. The van der Waals surface area contributed by atoms with Gasteiger partial charge in [-0.3, -0.25) is 9.30 Å². The van der Waals surface area contributed by atoms with Crippen molar-refractivity contribution in [2.45, 2.75) is 25.8 Å². The number of fused-ring (bicyclic) bond motifs is 1. The normalized spacial score (nSPS) is 17.1. The first kappa shape index (κ1) is 13.4. The second-order valence-electron chi connectivity index (χ2n) is 5.93. The molecule has 0 aliphatic carbocycles. The van der Waals surface area contributed by atoms with Gasteiger partial charge in [-0.25, -0.2) is 4.98 Å². The van der Waals surface area contributed by atoms with Crippen molar-refractivity contribution in [1.82, 2.24) is 24.5 Å². The third-order valence-corrected chi connectivity index (χ3v) is 4.54. The lowest BCUT2D eigenvalue weighted by Crippen LogP contribution is -2.23. The molecule has 4 rings (SSSR count). The SMILES string of the molecule is CC(c1cccc(-c2cnc3nncn3c2)c1)N1CCCC1. The van der Waals surface area contributed by atoms with Gasteiger partial charge in [0.05, 0.1) is 0 Å². The van der Waals surface area contributed by atoms with Gasteiger partial charge in [-0.2, -0.15) is 0 Å². The maximum absolute atomic E-state index is 4.35. The zero-order valence-corrected chi connectivity index (χ0v) is 12.7. The lowest BCUT2D eigenvalue weighted by atomic mass is 10.0. The summed E-state index contributed by atoms with van der Waals surface area (Å²) in [5.74, 6) is 0.630. The molecule has 2 aromatic heterocycles. The molecule has 1 unspecified atom stereocenters. The van der Waals surface area contributed by atoms with Crippen molar-refractivity contribution in [2.75, 3.05) is 13.1 Å². The average Bonchev–Trinajstić information content (AvgIpc) is 3.25. The van der Waals surface area contributed by atoms with E-state index in [1.165, 1.54) is 37.1 Å². The summed E-state index contributed by atoms with van der Waals surface area (Å²) in [6, 6.07) is 9.23. The van der Waals surface area contributed by atoms with Gasteiger partial charge in [0, 0.05) is 24.0 Å². The second kappa shape index (κ2) is 5.50. The van der Waals surface area contributed by atoms with Gasteiger partial charge in [-0.15, -0.1) is 10.2 Å². The van der Waals surface area contributed by atoms with E-state index in [4.69, 9.17) is 0 Å². The monoisotopic (exact) mass is 293 g/mol. The van der Waals surface area contributed by atoms with Crippen LogP contribution in [0.2, 0.25) is 0 Å². The van der Waals surface area contributed by atoms with Gasteiger partial charge in [-0.05, 0) is 50.0 Å². The summed E-state index contributed by atoms with van der Waals surface area (Å²) in [5.41, 5.74) is 3.64. The molecular weight excluding hydrogens is 274 g/mol. The molecule has 0 amide bonds. The molecule has 3 aromatic rings. The highest BCUT2D eigenvalue weighted by Gasteiger charge is 2.19. The van der Waals surface area contributed by atoms with E-state index in [0.717, 1.165) is 5.56 Å². The number of likely N-dealkylation sites (tertiary alicyclic amines) is 1. The summed E-state index contributed by atoms with van der Waals surface area (Å²) < 4.78 is 1.85. The van der Waals surface area contributed by atoms with Gasteiger partial charge in [-0.1, -0.05) is 18.2 Å². The van der Waals surface area contributed by atoms with Crippen LogP contribution in [0.1, 0.15) is 31.4 Å². The number of hydrogen-bond donors (Lipinski definition) is 0. The minimum atomic E-state index is 0.467. The van der Waals surface area contributed by atoms with E-state index < -0.39 is 0 Å². The van der Waals surface area contributed by atoms with E-state index >= 15 is 0 Å². The molecule has 0 spiro atoms. The molecule has 112 valence electrons. The molecule has 0 saturated carbocycles. The molecule has 1 aromatic carbocycles. The standard InChI is InChI=1S/C17H19N5/c1-13(21-7-2-3-8-21)14-5-4-6-15(9-14)16-10-18-17-20-19-12-22(17)11-16/h4-6,9-13H,2-3,7-8H2,1H3. The van der Waals surface area contributed by atoms with Gasteiger partial charge in [0.15, 0.2) is 0 Å².